The van der Waals surface area contributed by atoms with Crippen molar-refractivity contribution in [3.05, 3.63) is 59.3 Å². The molecular formula is C24H27N3O4. The highest BCUT2D eigenvalue weighted by atomic mass is 16.5. The van der Waals surface area contributed by atoms with Crippen LogP contribution in [0, 0.1) is 0 Å². The lowest BCUT2D eigenvalue weighted by molar-refractivity contribution is 0.352. The largest absolute Gasteiger partial charge is 0.493 e. The zero-order chi connectivity index (χ0) is 21.8. The summed E-state index contributed by atoms with van der Waals surface area (Å²) in [6.45, 7) is 0.936. The van der Waals surface area contributed by atoms with Crippen LogP contribution in [0.1, 0.15) is 22.7 Å². The normalized spacial score (nSPS) is 15.2. The number of hydrogen-bond donors (Lipinski definition) is 1. The van der Waals surface area contributed by atoms with Crippen molar-refractivity contribution in [3.63, 3.8) is 0 Å². The van der Waals surface area contributed by atoms with Crippen molar-refractivity contribution in [1.82, 2.24) is 15.3 Å². The van der Waals surface area contributed by atoms with Crippen LogP contribution in [-0.2, 0) is 12.8 Å². The van der Waals surface area contributed by atoms with Crippen LogP contribution in [0.25, 0.3) is 11.1 Å². The first kappa shape index (κ1) is 20.9. The molecule has 1 unspecified atom stereocenters. The number of nitrogens with one attached hydrogen (secondary N) is 1. The SMILES string of the molecule is COc1ncc(-c2ccc(CC3NCCc4cc(OC)c(OC)cc43)cc2)c(OC)n1. The average molecular weight is 421 g/mol. The Hall–Kier alpha value is -3.32. The van der Waals surface area contributed by atoms with Gasteiger partial charge in [-0.1, -0.05) is 24.3 Å². The minimum atomic E-state index is 0.216. The topological polar surface area (TPSA) is 74.7 Å². The van der Waals surface area contributed by atoms with Crippen LogP contribution in [0.5, 0.6) is 23.4 Å². The molecule has 0 radical (unpaired) electrons. The van der Waals surface area contributed by atoms with Gasteiger partial charge in [0.1, 0.15) is 0 Å². The van der Waals surface area contributed by atoms with E-state index in [9.17, 15) is 0 Å². The standard InChI is InChI=1S/C24H27N3O4/c1-28-21-12-17-9-10-25-20(18(17)13-22(21)29-2)11-15-5-7-16(8-6-15)19-14-26-24(31-4)27-23(19)30-3/h5-8,12-14,20,25H,9-11H2,1-4H3. The molecule has 1 aliphatic heterocycles. The van der Waals surface area contributed by atoms with E-state index in [4.69, 9.17) is 18.9 Å². The summed E-state index contributed by atoms with van der Waals surface area (Å²) in [5, 5.41) is 3.64. The fraction of sp³-hybridized carbons (Fsp3) is 0.333. The van der Waals surface area contributed by atoms with Gasteiger partial charge >= 0.3 is 6.01 Å². The van der Waals surface area contributed by atoms with Crippen molar-refractivity contribution in [2.24, 2.45) is 0 Å². The second-order valence-corrected chi connectivity index (χ2v) is 7.34. The maximum absolute atomic E-state index is 5.52. The molecule has 1 aliphatic rings. The minimum absolute atomic E-state index is 0.216. The molecule has 0 amide bonds. The van der Waals surface area contributed by atoms with Gasteiger partial charge in [-0.2, -0.15) is 4.98 Å². The molecule has 3 aromatic rings. The molecule has 0 spiro atoms. The van der Waals surface area contributed by atoms with E-state index in [1.165, 1.54) is 23.8 Å². The summed E-state index contributed by atoms with van der Waals surface area (Å²) < 4.78 is 21.5. The van der Waals surface area contributed by atoms with E-state index in [0.717, 1.165) is 42.0 Å². The van der Waals surface area contributed by atoms with Gasteiger partial charge in [0.2, 0.25) is 5.88 Å². The fourth-order valence-corrected chi connectivity index (χ4v) is 4.01. The van der Waals surface area contributed by atoms with Gasteiger partial charge in [0, 0.05) is 12.2 Å². The molecule has 1 aromatic heterocycles. The maximum Gasteiger partial charge on any atom is 0.319 e. The third kappa shape index (κ3) is 4.27. The highest BCUT2D eigenvalue weighted by Gasteiger charge is 2.23. The van der Waals surface area contributed by atoms with Gasteiger partial charge in [-0.05, 0) is 53.8 Å². The van der Waals surface area contributed by atoms with Crippen LogP contribution in [-0.4, -0.2) is 45.0 Å². The predicted octanol–water partition coefficient (Wildman–Crippen LogP) is 3.61. The van der Waals surface area contributed by atoms with Gasteiger partial charge in [0.05, 0.1) is 34.0 Å². The second kappa shape index (κ2) is 9.22. The van der Waals surface area contributed by atoms with E-state index in [0.29, 0.717) is 5.88 Å². The first-order valence-electron chi connectivity index (χ1n) is 10.2. The molecular weight excluding hydrogens is 394 g/mol. The van der Waals surface area contributed by atoms with E-state index < -0.39 is 0 Å². The van der Waals surface area contributed by atoms with E-state index in [1.54, 1.807) is 27.5 Å². The molecule has 0 bridgehead atoms. The first-order valence-corrected chi connectivity index (χ1v) is 10.2. The van der Waals surface area contributed by atoms with Gasteiger partial charge in [-0.3, -0.25) is 0 Å². The summed E-state index contributed by atoms with van der Waals surface area (Å²) in [6, 6.07) is 13.1. The summed E-state index contributed by atoms with van der Waals surface area (Å²) in [4.78, 5) is 8.48. The first-order chi connectivity index (χ1) is 15.2. The Morgan fingerprint density at radius 2 is 1.68 bits per heavy atom. The summed E-state index contributed by atoms with van der Waals surface area (Å²) in [6.07, 6.45) is 3.57. The maximum atomic E-state index is 5.52. The van der Waals surface area contributed by atoms with E-state index in [2.05, 4.69) is 51.7 Å². The monoisotopic (exact) mass is 421 g/mol. The van der Waals surface area contributed by atoms with Crippen molar-refractivity contribution < 1.29 is 18.9 Å². The Morgan fingerprint density at radius 3 is 2.35 bits per heavy atom. The van der Waals surface area contributed by atoms with Crippen molar-refractivity contribution in [3.8, 4) is 34.5 Å². The molecule has 0 saturated carbocycles. The van der Waals surface area contributed by atoms with E-state index in [1.807, 2.05) is 0 Å². The molecule has 0 saturated heterocycles. The molecule has 2 aromatic carbocycles. The number of hydrogen-bond acceptors (Lipinski definition) is 7. The highest BCUT2D eigenvalue weighted by molar-refractivity contribution is 5.68. The van der Waals surface area contributed by atoms with Gasteiger partial charge in [-0.15, -0.1) is 0 Å². The fourth-order valence-electron chi connectivity index (χ4n) is 4.01. The molecule has 1 atom stereocenters. The molecule has 1 N–H and O–H groups in total. The third-order valence-electron chi connectivity index (χ3n) is 5.62. The van der Waals surface area contributed by atoms with Gasteiger partial charge in [0.25, 0.3) is 0 Å². The third-order valence-corrected chi connectivity index (χ3v) is 5.62. The molecule has 2 heterocycles. The molecule has 4 rings (SSSR count). The number of ether oxygens (including phenoxy) is 4. The van der Waals surface area contributed by atoms with E-state index in [-0.39, 0.29) is 12.1 Å². The zero-order valence-corrected chi connectivity index (χ0v) is 18.3. The van der Waals surface area contributed by atoms with Crippen molar-refractivity contribution >= 4 is 0 Å². The Kier molecular flexibility index (Phi) is 6.23. The average Bonchev–Trinajstić information content (AvgIpc) is 2.83. The Labute approximate surface area is 182 Å². The number of rotatable bonds is 7. The highest BCUT2D eigenvalue weighted by Crippen LogP contribution is 2.36. The smallest absolute Gasteiger partial charge is 0.319 e. The van der Waals surface area contributed by atoms with Crippen LogP contribution >= 0.6 is 0 Å². The number of nitrogens with zero attached hydrogens (tertiary/aromatic N) is 2. The van der Waals surface area contributed by atoms with Crippen molar-refractivity contribution in [2.75, 3.05) is 35.0 Å². The molecule has 162 valence electrons. The predicted molar refractivity (Wildman–Crippen MR) is 118 cm³/mol. The summed E-state index contributed by atoms with van der Waals surface area (Å²) in [7, 11) is 6.47. The molecule has 7 heteroatoms. The molecule has 0 fully saturated rings. The van der Waals surface area contributed by atoms with Crippen molar-refractivity contribution in [2.45, 2.75) is 18.9 Å². The Morgan fingerprint density at radius 1 is 0.935 bits per heavy atom. The lowest BCUT2D eigenvalue weighted by atomic mass is 9.89. The number of benzene rings is 2. The van der Waals surface area contributed by atoms with Crippen LogP contribution < -0.4 is 24.3 Å². The van der Waals surface area contributed by atoms with Crippen LogP contribution in [0.2, 0.25) is 0 Å². The number of aromatic nitrogens is 2. The van der Waals surface area contributed by atoms with E-state index >= 15 is 0 Å². The van der Waals surface area contributed by atoms with Gasteiger partial charge < -0.3 is 24.3 Å². The number of fused-ring (bicyclic) bond motifs is 1. The molecule has 31 heavy (non-hydrogen) atoms. The van der Waals surface area contributed by atoms with Crippen molar-refractivity contribution in [1.29, 1.82) is 0 Å². The summed E-state index contributed by atoms with van der Waals surface area (Å²) in [5.74, 6) is 2.03. The van der Waals surface area contributed by atoms with Crippen LogP contribution in [0.4, 0.5) is 0 Å². The van der Waals surface area contributed by atoms with Crippen LogP contribution in [0.15, 0.2) is 42.6 Å². The van der Waals surface area contributed by atoms with Gasteiger partial charge in [0.15, 0.2) is 11.5 Å². The molecule has 0 aliphatic carbocycles. The Balaban J connectivity index is 1.57. The lowest BCUT2D eigenvalue weighted by Gasteiger charge is -2.28. The van der Waals surface area contributed by atoms with Gasteiger partial charge in [-0.25, -0.2) is 4.98 Å². The minimum Gasteiger partial charge on any atom is -0.493 e. The summed E-state index contributed by atoms with van der Waals surface area (Å²) in [5.41, 5.74) is 5.62. The summed E-state index contributed by atoms with van der Waals surface area (Å²) >= 11 is 0. The molecule has 7 nitrogen and oxygen atoms in total. The lowest BCUT2D eigenvalue weighted by Crippen LogP contribution is -2.31. The number of methoxy groups -OCH3 is 4. The second-order valence-electron chi connectivity index (χ2n) is 7.34. The quantitative estimate of drug-likeness (QED) is 0.625. The zero-order valence-electron chi connectivity index (χ0n) is 18.3. The van der Waals surface area contributed by atoms with Crippen LogP contribution in [0.3, 0.4) is 0 Å². The Bertz CT molecular complexity index is 1050.